The summed E-state index contributed by atoms with van der Waals surface area (Å²) in [5.41, 5.74) is 3.33. The molecule has 31 heavy (non-hydrogen) atoms. The van der Waals surface area contributed by atoms with Crippen molar-refractivity contribution >= 4 is 27.5 Å². The van der Waals surface area contributed by atoms with Crippen LogP contribution in [0.5, 0.6) is 0 Å². The lowest BCUT2D eigenvalue weighted by atomic mass is 10.1. The first-order chi connectivity index (χ1) is 14.5. The lowest BCUT2D eigenvalue weighted by molar-refractivity contribution is -0.139. The van der Waals surface area contributed by atoms with Crippen molar-refractivity contribution in [3.8, 4) is 0 Å². The Bertz CT molecular complexity index is 1000. The number of likely N-dealkylation sites (N-methyl/N-ethyl adjacent to an activating group) is 1. The van der Waals surface area contributed by atoms with Crippen LogP contribution in [0.3, 0.4) is 0 Å². The van der Waals surface area contributed by atoms with E-state index in [9.17, 15) is 18.0 Å². The number of sulfonamides is 1. The molecule has 0 aliphatic heterocycles. The van der Waals surface area contributed by atoms with Gasteiger partial charge in [0.05, 0.1) is 11.9 Å². The first-order valence-corrected chi connectivity index (χ1v) is 12.0. The molecule has 2 aromatic carbocycles. The molecule has 0 aliphatic carbocycles. The molecule has 2 amide bonds. The molecule has 0 aliphatic rings. The van der Waals surface area contributed by atoms with Crippen molar-refractivity contribution in [3.63, 3.8) is 0 Å². The fourth-order valence-corrected chi connectivity index (χ4v) is 3.97. The van der Waals surface area contributed by atoms with Crippen LogP contribution in [-0.4, -0.2) is 50.5 Å². The Hall–Kier alpha value is -2.87. The summed E-state index contributed by atoms with van der Waals surface area (Å²) in [4.78, 5) is 27.2. The van der Waals surface area contributed by atoms with E-state index in [0.29, 0.717) is 12.2 Å². The molecular formula is C23H31N3O4S. The fourth-order valence-electron chi connectivity index (χ4n) is 3.12. The molecule has 0 saturated carbocycles. The largest absolute Gasteiger partial charge is 0.355 e. The van der Waals surface area contributed by atoms with E-state index >= 15 is 0 Å². The zero-order valence-electron chi connectivity index (χ0n) is 18.8. The van der Waals surface area contributed by atoms with Gasteiger partial charge in [0.1, 0.15) is 12.6 Å². The number of carbonyl (C=O) groups excluding carboxylic acids is 2. The summed E-state index contributed by atoms with van der Waals surface area (Å²) >= 11 is 0. The number of aryl methyl sites for hydroxylation is 2. The highest BCUT2D eigenvalue weighted by atomic mass is 32.2. The van der Waals surface area contributed by atoms with Gasteiger partial charge < -0.3 is 10.2 Å². The highest BCUT2D eigenvalue weighted by Gasteiger charge is 2.29. The molecule has 1 N–H and O–H groups in total. The zero-order chi connectivity index (χ0) is 23.2. The van der Waals surface area contributed by atoms with Gasteiger partial charge in [-0.15, -0.1) is 0 Å². The standard InChI is InChI=1S/C23H31N3O4S/c1-6-24-23(28)19(4)25(15-20-11-7-17(2)8-12-20)22(27)16-26(31(5,29)30)21-13-9-18(3)10-14-21/h7-14,19H,6,15-16H2,1-5H3,(H,24,28)/t19-/m0/s1. The summed E-state index contributed by atoms with van der Waals surface area (Å²) in [5.74, 6) is -0.741. The first kappa shape index (κ1) is 24.4. The lowest BCUT2D eigenvalue weighted by Gasteiger charge is -2.31. The van der Waals surface area contributed by atoms with Crippen molar-refractivity contribution in [1.29, 1.82) is 0 Å². The number of rotatable bonds is 9. The molecule has 0 unspecified atom stereocenters. The van der Waals surface area contributed by atoms with Gasteiger partial charge in [-0.05, 0) is 45.4 Å². The Balaban J connectivity index is 2.35. The minimum Gasteiger partial charge on any atom is -0.355 e. The Morgan fingerprint density at radius 1 is 0.968 bits per heavy atom. The van der Waals surface area contributed by atoms with Gasteiger partial charge in [-0.25, -0.2) is 8.42 Å². The van der Waals surface area contributed by atoms with Crippen LogP contribution in [0.2, 0.25) is 0 Å². The topological polar surface area (TPSA) is 86.8 Å². The minimum absolute atomic E-state index is 0.197. The monoisotopic (exact) mass is 445 g/mol. The maximum absolute atomic E-state index is 13.3. The van der Waals surface area contributed by atoms with E-state index in [-0.39, 0.29) is 12.5 Å². The van der Waals surface area contributed by atoms with E-state index in [2.05, 4.69) is 5.32 Å². The summed E-state index contributed by atoms with van der Waals surface area (Å²) in [6.07, 6.45) is 1.07. The molecule has 168 valence electrons. The molecule has 0 heterocycles. The SMILES string of the molecule is CCNC(=O)[C@H](C)N(Cc1ccc(C)cc1)C(=O)CN(c1ccc(C)cc1)S(C)(=O)=O. The van der Waals surface area contributed by atoms with Crippen molar-refractivity contribution in [2.24, 2.45) is 0 Å². The third kappa shape index (κ3) is 6.82. The average Bonchev–Trinajstić information content (AvgIpc) is 2.71. The second-order valence-corrected chi connectivity index (χ2v) is 9.59. The smallest absolute Gasteiger partial charge is 0.244 e. The number of nitrogens with one attached hydrogen (secondary N) is 1. The molecule has 0 saturated heterocycles. The van der Waals surface area contributed by atoms with Gasteiger partial charge in [0.25, 0.3) is 0 Å². The van der Waals surface area contributed by atoms with E-state index < -0.39 is 28.5 Å². The second kappa shape index (κ2) is 10.4. The van der Waals surface area contributed by atoms with Gasteiger partial charge in [-0.2, -0.15) is 0 Å². The van der Waals surface area contributed by atoms with E-state index in [1.165, 1.54) is 4.90 Å². The Morgan fingerprint density at radius 3 is 1.97 bits per heavy atom. The quantitative estimate of drug-likeness (QED) is 0.643. The van der Waals surface area contributed by atoms with E-state index in [1.54, 1.807) is 38.1 Å². The highest BCUT2D eigenvalue weighted by molar-refractivity contribution is 7.92. The van der Waals surface area contributed by atoms with Gasteiger partial charge in [-0.1, -0.05) is 47.5 Å². The van der Waals surface area contributed by atoms with Crippen molar-refractivity contribution in [1.82, 2.24) is 10.2 Å². The predicted molar refractivity (Wildman–Crippen MR) is 123 cm³/mol. The summed E-state index contributed by atoms with van der Waals surface area (Å²) in [6, 6.07) is 13.8. The normalized spacial score (nSPS) is 12.2. The molecule has 2 aromatic rings. The Labute approximate surface area is 185 Å². The van der Waals surface area contributed by atoms with Gasteiger partial charge in [0.15, 0.2) is 0 Å². The molecule has 0 spiro atoms. The van der Waals surface area contributed by atoms with Crippen LogP contribution in [0.15, 0.2) is 48.5 Å². The van der Waals surface area contributed by atoms with Crippen LogP contribution in [0.1, 0.15) is 30.5 Å². The van der Waals surface area contributed by atoms with E-state index in [4.69, 9.17) is 0 Å². The third-order valence-corrected chi connectivity index (χ3v) is 6.13. The van der Waals surface area contributed by atoms with Crippen molar-refractivity contribution in [2.75, 3.05) is 23.7 Å². The maximum atomic E-state index is 13.3. The number of amides is 2. The van der Waals surface area contributed by atoms with Crippen molar-refractivity contribution in [3.05, 3.63) is 65.2 Å². The molecule has 0 aromatic heterocycles. The Morgan fingerprint density at radius 2 is 1.48 bits per heavy atom. The second-order valence-electron chi connectivity index (χ2n) is 7.68. The number of nitrogens with zero attached hydrogens (tertiary/aromatic N) is 2. The van der Waals surface area contributed by atoms with Gasteiger partial charge in [0.2, 0.25) is 21.8 Å². The number of carbonyl (C=O) groups is 2. The zero-order valence-corrected chi connectivity index (χ0v) is 19.6. The van der Waals surface area contributed by atoms with E-state index in [0.717, 1.165) is 27.3 Å². The Kier molecular flexibility index (Phi) is 8.21. The maximum Gasteiger partial charge on any atom is 0.244 e. The predicted octanol–water partition coefficient (Wildman–Crippen LogP) is 2.62. The highest BCUT2D eigenvalue weighted by Crippen LogP contribution is 2.19. The van der Waals surface area contributed by atoms with Crippen LogP contribution >= 0.6 is 0 Å². The molecule has 8 heteroatoms. The first-order valence-electron chi connectivity index (χ1n) is 10.2. The summed E-state index contributed by atoms with van der Waals surface area (Å²) in [7, 11) is -3.71. The number of hydrogen-bond acceptors (Lipinski definition) is 4. The summed E-state index contributed by atoms with van der Waals surface area (Å²) < 4.78 is 26.0. The average molecular weight is 446 g/mol. The molecule has 0 radical (unpaired) electrons. The van der Waals surface area contributed by atoms with Crippen LogP contribution in [0.4, 0.5) is 5.69 Å². The molecule has 0 bridgehead atoms. The molecule has 0 fully saturated rings. The molecule has 1 atom stereocenters. The van der Waals surface area contributed by atoms with Crippen molar-refractivity contribution in [2.45, 2.75) is 40.3 Å². The summed E-state index contributed by atoms with van der Waals surface area (Å²) in [5, 5.41) is 2.73. The molecule has 7 nitrogen and oxygen atoms in total. The van der Waals surface area contributed by atoms with Gasteiger partial charge in [0, 0.05) is 13.1 Å². The van der Waals surface area contributed by atoms with Gasteiger partial charge >= 0.3 is 0 Å². The molecule has 2 rings (SSSR count). The minimum atomic E-state index is -3.71. The lowest BCUT2D eigenvalue weighted by Crippen LogP contribution is -2.51. The third-order valence-electron chi connectivity index (χ3n) is 4.99. The number of benzene rings is 2. The number of anilines is 1. The van der Waals surface area contributed by atoms with Crippen LogP contribution in [-0.2, 0) is 26.2 Å². The summed E-state index contributed by atoms with van der Waals surface area (Å²) in [6.45, 7) is 7.56. The van der Waals surface area contributed by atoms with Crippen molar-refractivity contribution < 1.29 is 18.0 Å². The molecular weight excluding hydrogens is 414 g/mol. The van der Waals surface area contributed by atoms with E-state index in [1.807, 2.05) is 38.1 Å². The van der Waals surface area contributed by atoms with Crippen LogP contribution < -0.4 is 9.62 Å². The van der Waals surface area contributed by atoms with Crippen LogP contribution in [0.25, 0.3) is 0 Å². The van der Waals surface area contributed by atoms with Gasteiger partial charge in [-0.3, -0.25) is 13.9 Å². The fraction of sp³-hybridized carbons (Fsp3) is 0.391. The number of hydrogen-bond donors (Lipinski definition) is 1. The van der Waals surface area contributed by atoms with Crippen LogP contribution in [0, 0.1) is 13.8 Å².